The van der Waals surface area contributed by atoms with Gasteiger partial charge >= 0.3 is 5.97 Å². The fraction of sp³-hybridized carbons (Fsp3) is 0.176. The summed E-state index contributed by atoms with van der Waals surface area (Å²) in [7, 11) is 0. The monoisotopic (exact) mass is 609 g/mol. The molecule has 9 heteroatoms. The van der Waals surface area contributed by atoms with Crippen LogP contribution in [0.3, 0.4) is 0 Å². The number of carboxylic acids is 1. The number of pyridine rings is 2. The molecule has 0 saturated carbocycles. The summed E-state index contributed by atoms with van der Waals surface area (Å²) in [6.07, 6.45) is 2.17. The Morgan fingerprint density at radius 2 is 1.74 bits per heavy atom. The number of benzene rings is 3. The Balaban J connectivity index is 1.54. The van der Waals surface area contributed by atoms with Gasteiger partial charge in [-0.05, 0) is 86.7 Å². The summed E-state index contributed by atoms with van der Waals surface area (Å²) < 4.78 is 6.97. The summed E-state index contributed by atoms with van der Waals surface area (Å²) in [6, 6.07) is 20.7. The first kappa shape index (κ1) is 28.7. The highest BCUT2D eigenvalue weighted by atomic mass is 35.5. The number of aromatic nitrogens is 3. The van der Waals surface area contributed by atoms with E-state index in [2.05, 4.69) is 9.97 Å². The summed E-state index contributed by atoms with van der Waals surface area (Å²) in [4.78, 5) is 37.3. The molecule has 0 unspecified atom stereocenters. The van der Waals surface area contributed by atoms with Gasteiger partial charge in [-0.25, -0.2) is 9.78 Å². The highest BCUT2D eigenvalue weighted by molar-refractivity contribution is 7.22. The minimum absolute atomic E-state index is 0.155. The van der Waals surface area contributed by atoms with Gasteiger partial charge in [-0.2, -0.15) is 0 Å². The number of halogens is 1. The Hall–Kier alpha value is -4.37. The predicted octanol–water partition coefficient (Wildman–Crippen LogP) is 8.44. The van der Waals surface area contributed by atoms with Crippen molar-refractivity contribution in [2.24, 2.45) is 0 Å². The molecule has 3 heterocycles. The second kappa shape index (κ2) is 11.0. The average molecular weight is 610 g/mol. The smallest absolute Gasteiger partial charge is 0.337 e. The van der Waals surface area contributed by atoms with E-state index in [1.165, 1.54) is 11.3 Å². The van der Waals surface area contributed by atoms with Gasteiger partial charge in [0.2, 0.25) is 0 Å². The van der Waals surface area contributed by atoms with Crippen LogP contribution in [0.1, 0.15) is 38.0 Å². The number of aliphatic carboxylic acids is 1. The number of hydrogen-bond acceptors (Lipinski definition) is 6. The maximum absolute atomic E-state index is 12.6. The van der Waals surface area contributed by atoms with Crippen LogP contribution in [0.25, 0.3) is 53.9 Å². The summed E-state index contributed by atoms with van der Waals surface area (Å²) in [6.45, 7) is 7.42. The van der Waals surface area contributed by atoms with Gasteiger partial charge in [-0.1, -0.05) is 35.9 Å². The van der Waals surface area contributed by atoms with Crippen molar-refractivity contribution in [1.82, 2.24) is 15.0 Å². The summed E-state index contributed by atoms with van der Waals surface area (Å²) in [5.41, 5.74) is 5.22. The van der Waals surface area contributed by atoms with E-state index >= 15 is 0 Å². The van der Waals surface area contributed by atoms with E-state index in [1.54, 1.807) is 24.5 Å². The van der Waals surface area contributed by atoms with Crippen LogP contribution in [0, 0.1) is 6.92 Å². The van der Waals surface area contributed by atoms with E-state index in [9.17, 15) is 14.7 Å². The maximum atomic E-state index is 12.6. The quantitative estimate of drug-likeness (QED) is 0.196. The molecule has 43 heavy (non-hydrogen) atoms. The number of fused-ring (bicyclic) bond motifs is 2. The van der Waals surface area contributed by atoms with Crippen LogP contribution >= 0.6 is 22.9 Å². The van der Waals surface area contributed by atoms with Crippen molar-refractivity contribution >= 4 is 49.9 Å². The van der Waals surface area contributed by atoms with E-state index in [0.717, 1.165) is 48.4 Å². The molecule has 0 bridgehead atoms. The number of nitrogens with one attached hydrogen (secondary N) is 1. The van der Waals surface area contributed by atoms with Gasteiger partial charge in [0.05, 0.1) is 21.5 Å². The fourth-order valence-electron chi connectivity index (χ4n) is 5.23. The second-order valence-electron chi connectivity index (χ2n) is 11.3. The summed E-state index contributed by atoms with van der Waals surface area (Å²) in [5, 5.41) is 13.1. The van der Waals surface area contributed by atoms with E-state index < -0.39 is 17.7 Å². The number of carbonyl (C=O) groups is 1. The third-order valence-electron chi connectivity index (χ3n) is 7.10. The van der Waals surface area contributed by atoms with Gasteiger partial charge in [0.25, 0.3) is 5.56 Å². The van der Waals surface area contributed by atoms with E-state index in [4.69, 9.17) is 21.3 Å². The molecule has 7 nitrogen and oxygen atoms in total. The highest BCUT2D eigenvalue weighted by Crippen LogP contribution is 2.44. The van der Waals surface area contributed by atoms with Crippen LogP contribution in [-0.2, 0) is 9.53 Å². The zero-order chi connectivity index (χ0) is 30.5. The SMILES string of the molecule is Cc1cc2nc(-c3ccnc(-c4ccc5cc[nH]c(=O)c5c4)c3)sc2c(-c2ccc(Cl)cc2)c1[C@H](OC(C)(C)C)C(=O)O. The summed E-state index contributed by atoms with van der Waals surface area (Å²) >= 11 is 7.70. The molecule has 216 valence electrons. The van der Waals surface area contributed by atoms with Crippen molar-refractivity contribution in [3.05, 3.63) is 106 Å². The number of carboxylic acid groups (broad SMARTS) is 1. The maximum Gasteiger partial charge on any atom is 0.337 e. The van der Waals surface area contributed by atoms with Gasteiger partial charge in [0, 0.05) is 45.1 Å². The first-order valence-corrected chi connectivity index (χ1v) is 14.9. The van der Waals surface area contributed by atoms with Crippen LogP contribution in [-0.4, -0.2) is 31.6 Å². The lowest BCUT2D eigenvalue weighted by Crippen LogP contribution is -2.28. The molecule has 3 aromatic heterocycles. The number of aromatic amines is 1. The Labute approximate surface area is 256 Å². The molecule has 6 aromatic rings. The number of hydrogen-bond donors (Lipinski definition) is 2. The molecule has 0 spiro atoms. The molecule has 6 rings (SSSR count). The standard InChI is InChI=1S/C34H28ClN3O4S/c1-18-15-26-30(28(20-7-9-23(35)10-8-20)27(18)29(33(40)41)42-34(2,3)4)43-32(38-26)22-12-13-36-25(17-22)21-6-5-19-11-14-37-31(39)24(19)16-21/h5-17,29H,1-4H3,(H,37,39)(H,40,41)/t29-/m0/s1. The van der Waals surface area contributed by atoms with Crippen LogP contribution in [0.2, 0.25) is 5.02 Å². The second-order valence-corrected chi connectivity index (χ2v) is 12.8. The number of rotatable bonds is 6. The zero-order valence-corrected chi connectivity index (χ0v) is 25.5. The van der Waals surface area contributed by atoms with E-state index in [1.807, 2.05) is 82.3 Å². The van der Waals surface area contributed by atoms with Crippen molar-refractivity contribution in [3.63, 3.8) is 0 Å². The van der Waals surface area contributed by atoms with Crippen LogP contribution in [0.4, 0.5) is 0 Å². The topological polar surface area (TPSA) is 105 Å². The average Bonchev–Trinajstić information content (AvgIpc) is 3.39. The molecule has 0 amide bonds. The van der Waals surface area contributed by atoms with Gasteiger partial charge in [-0.15, -0.1) is 11.3 Å². The van der Waals surface area contributed by atoms with Gasteiger partial charge in [0.1, 0.15) is 5.01 Å². The molecule has 0 saturated heterocycles. The van der Waals surface area contributed by atoms with Crippen molar-refractivity contribution in [2.45, 2.75) is 39.4 Å². The fourth-order valence-corrected chi connectivity index (χ4v) is 6.47. The lowest BCUT2D eigenvalue weighted by atomic mass is 9.91. The van der Waals surface area contributed by atoms with Crippen molar-refractivity contribution in [2.75, 3.05) is 0 Å². The molecule has 0 aliphatic heterocycles. The third-order valence-corrected chi connectivity index (χ3v) is 8.49. The van der Waals surface area contributed by atoms with E-state index in [0.29, 0.717) is 21.7 Å². The summed E-state index contributed by atoms with van der Waals surface area (Å²) in [5.74, 6) is -1.06. The van der Waals surface area contributed by atoms with Gasteiger partial charge in [-0.3, -0.25) is 9.78 Å². The Morgan fingerprint density at radius 3 is 2.47 bits per heavy atom. The van der Waals surface area contributed by atoms with Crippen molar-refractivity contribution in [3.8, 4) is 33.0 Å². The van der Waals surface area contributed by atoms with Crippen molar-refractivity contribution in [1.29, 1.82) is 0 Å². The molecule has 0 radical (unpaired) electrons. The Bertz CT molecular complexity index is 2080. The van der Waals surface area contributed by atoms with Crippen molar-refractivity contribution < 1.29 is 14.6 Å². The number of H-pyrrole nitrogens is 1. The first-order chi connectivity index (χ1) is 20.5. The van der Waals surface area contributed by atoms with E-state index in [-0.39, 0.29) is 5.56 Å². The predicted molar refractivity (Wildman–Crippen MR) is 173 cm³/mol. The normalized spacial score (nSPS) is 12.6. The molecule has 1 atom stereocenters. The first-order valence-electron chi connectivity index (χ1n) is 13.7. The lowest BCUT2D eigenvalue weighted by molar-refractivity contribution is -0.160. The molecule has 0 aliphatic rings. The van der Waals surface area contributed by atoms with Crippen LogP contribution in [0.15, 0.2) is 83.9 Å². The minimum atomic E-state index is -1.19. The van der Waals surface area contributed by atoms with Crippen LogP contribution in [0.5, 0.6) is 0 Å². The lowest BCUT2D eigenvalue weighted by Gasteiger charge is -2.28. The molecule has 0 aliphatic carbocycles. The highest BCUT2D eigenvalue weighted by Gasteiger charge is 2.32. The third kappa shape index (κ3) is 5.69. The zero-order valence-electron chi connectivity index (χ0n) is 23.9. The minimum Gasteiger partial charge on any atom is -0.479 e. The Kier molecular flexibility index (Phi) is 7.38. The van der Waals surface area contributed by atoms with Gasteiger partial charge in [0.15, 0.2) is 6.10 Å². The molecule has 3 aromatic carbocycles. The number of ether oxygens (including phenoxy) is 1. The van der Waals surface area contributed by atoms with Gasteiger partial charge < -0.3 is 14.8 Å². The largest absolute Gasteiger partial charge is 0.479 e. The number of aryl methyl sites for hydroxylation is 1. The Morgan fingerprint density at radius 1 is 1.00 bits per heavy atom. The number of nitrogens with zero attached hydrogens (tertiary/aromatic N) is 2. The molecule has 0 fully saturated rings. The van der Waals surface area contributed by atoms with Crippen LogP contribution < -0.4 is 5.56 Å². The number of thiazole rings is 1. The molecule has 2 N–H and O–H groups in total. The molecular formula is C34H28ClN3O4S. The molecular weight excluding hydrogens is 582 g/mol.